The van der Waals surface area contributed by atoms with Gasteiger partial charge >= 0.3 is 47.5 Å². The van der Waals surface area contributed by atoms with Gasteiger partial charge in [-0.3, -0.25) is 9.35 Å². The molecule has 0 aliphatic carbocycles. The Balaban J connectivity index is -0.00000312. The molecule has 27 heavy (non-hydrogen) atoms. The maximum Gasteiger partial charge on any atom is 1.00 e. The Morgan fingerprint density at radius 1 is 1.00 bits per heavy atom. The van der Waals surface area contributed by atoms with Crippen molar-refractivity contribution >= 4 is 28.0 Å². The molecule has 0 bridgehead atoms. The fraction of sp³-hybridized carbons (Fsp3) is 0.562. The Morgan fingerprint density at radius 2 is 1.41 bits per heavy atom. The largest absolute Gasteiger partial charge is 1.00 e. The van der Waals surface area contributed by atoms with Crippen LogP contribution in [0.15, 0.2) is 24.3 Å². The summed E-state index contributed by atoms with van der Waals surface area (Å²) in [6.07, 6.45) is -0.127. The number of hydrogen-bond donors (Lipinski definition) is 1. The van der Waals surface area contributed by atoms with Gasteiger partial charge in [0.2, 0.25) is 0 Å². The minimum absolute atomic E-state index is 0. The van der Waals surface area contributed by atoms with Crippen molar-refractivity contribution in [3.63, 3.8) is 0 Å². The molecule has 0 fully saturated rings. The molecule has 9 nitrogen and oxygen atoms in total. The van der Waals surface area contributed by atoms with E-state index in [-0.39, 0.29) is 55.2 Å². The summed E-state index contributed by atoms with van der Waals surface area (Å²) in [4.78, 5) is 35.4. The number of esters is 3. The summed E-state index contributed by atoms with van der Waals surface area (Å²) in [6.45, 7) is 9.85. The molecule has 0 aliphatic heterocycles. The topological polar surface area (TPSA) is 133 Å². The number of rotatable bonds is 11. The minimum Gasteiger partial charge on any atom is -1.00 e. The molecule has 150 valence electrons. The summed E-state index contributed by atoms with van der Waals surface area (Å²) >= 11 is 0. The van der Waals surface area contributed by atoms with Crippen LogP contribution < -0.4 is 29.6 Å². The summed E-state index contributed by atoms with van der Waals surface area (Å²) in [7, 11) is -4.17. The van der Waals surface area contributed by atoms with E-state index in [2.05, 4.69) is 13.2 Å². The first-order chi connectivity index (χ1) is 11.8. The molecule has 11 heteroatoms. The van der Waals surface area contributed by atoms with E-state index in [0.717, 1.165) is 0 Å². The van der Waals surface area contributed by atoms with Crippen LogP contribution in [0.4, 0.5) is 0 Å². The van der Waals surface area contributed by atoms with E-state index < -0.39 is 52.4 Å². The Bertz CT molecular complexity index is 658. The average molecular weight is 416 g/mol. The molecule has 0 aliphatic rings. The van der Waals surface area contributed by atoms with E-state index in [9.17, 15) is 22.8 Å². The van der Waals surface area contributed by atoms with Gasteiger partial charge in [-0.2, -0.15) is 8.42 Å². The van der Waals surface area contributed by atoms with Crippen LogP contribution in [0.3, 0.4) is 0 Å². The molecule has 0 unspecified atom stereocenters. The van der Waals surface area contributed by atoms with E-state index >= 15 is 0 Å². The Labute approximate surface area is 182 Å². The summed E-state index contributed by atoms with van der Waals surface area (Å²) < 4.78 is 44.8. The third-order valence-corrected chi connectivity index (χ3v) is 3.82. The Hall–Kier alpha value is -1.20. The molecular weight excluding hydrogens is 391 g/mol. The average Bonchev–Trinajstić information content (AvgIpc) is 2.52. The van der Waals surface area contributed by atoms with Gasteiger partial charge in [0.25, 0.3) is 10.1 Å². The molecule has 0 aromatic heterocycles. The van der Waals surface area contributed by atoms with Crippen LogP contribution in [0, 0.1) is 5.41 Å². The molecule has 1 N–H and O–H groups in total. The number of hydrogen-bond acceptors (Lipinski definition) is 8. The van der Waals surface area contributed by atoms with E-state index in [0.29, 0.717) is 0 Å². The zero-order chi connectivity index (χ0) is 20.5. The predicted octanol–water partition coefficient (Wildman–Crippen LogP) is -1.83. The molecule has 0 spiro atoms. The fourth-order valence-corrected chi connectivity index (χ4v) is 1.92. The van der Waals surface area contributed by atoms with E-state index in [1.807, 2.05) is 0 Å². The number of ether oxygens (including phenoxy) is 3. The molecule has 0 radical (unpaired) electrons. The van der Waals surface area contributed by atoms with Gasteiger partial charge in [0.05, 0.1) is 12.4 Å². The van der Waals surface area contributed by atoms with Crippen LogP contribution in [-0.2, 0) is 38.7 Å². The van der Waals surface area contributed by atoms with Crippen molar-refractivity contribution in [1.29, 1.82) is 0 Å². The van der Waals surface area contributed by atoms with E-state index in [1.54, 1.807) is 0 Å². The van der Waals surface area contributed by atoms with E-state index in [1.165, 1.54) is 20.8 Å². The second kappa shape index (κ2) is 12.3. The standard InChI is InChI=1S/C16H24O9S.Na.H/c1-11(2)13(17)24-9-16(5,10-25-14(18)12(3)4)15(19)23-7-6-8-26(20,21)22;;/h1,3,6-10H2,2,4-5H3,(H,20,21,22);;/q;+1;-1. The van der Waals surface area contributed by atoms with Crippen LogP contribution in [0.25, 0.3) is 0 Å². The summed E-state index contributed by atoms with van der Waals surface area (Å²) in [5.41, 5.74) is -1.28. The normalized spacial score (nSPS) is 11.0. The molecule has 0 aromatic rings. The zero-order valence-electron chi connectivity index (χ0n) is 17.1. The third-order valence-electron chi connectivity index (χ3n) is 3.01. The predicted molar refractivity (Wildman–Crippen MR) is 92.8 cm³/mol. The van der Waals surface area contributed by atoms with Gasteiger partial charge in [-0.1, -0.05) is 13.2 Å². The molecular formula is C16H25NaO9S. The van der Waals surface area contributed by atoms with Gasteiger partial charge in [-0.15, -0.1) is 0 Å². The maximum absolute atomic E-state index is 12.3. The van der Waals surface area contributed by atoms with Crippen molar-refractivity contribution in [3.8, 4) is 0 Å². The molecule has 0 heterocycles. The van der Waals surface area contributed by atoms with Crippen molar-refractivity contribution in [3.05, 3.63) is 24.3 Å². The fourth-order valence-electron chi connectivity index (χ4n) is 1.44. The molecule has 0 saturated heterocycles. The van der Waals surface area contributed by atoms with Crippen molar-refractivity contribution in [2.45, 2.75) is 27.2 Å². The second-order valence-corrected chi connectivity index (χ2v) is 7.62. The van der Waals surface area contributed by atoms with Crippen LogP contribution in [0.1, 0.15) is 28.6 Å². The molecule has 0 rings (SSSR count). The Morgan fingerprint density at radius 3 is 1.74 bits per heavy atom. The van der Waals surface area contributed by atoms with Crippen LogP contribution in [-0.4, -0.2) is 56.5 Å². The third kappa shape index (κ3) is 12.0. The zero-order valence-corrected chi connectivity index (χ0v) is 18.9. The number of carbonyl (C=O) groups excluding carboxylic acids is 3. The van der Waals surface area contributed by atoms with Gasteiger partial charge in [-0.05, 0) is 27.2 Å². The van der Waals surface area contributed by atoms with Crippen molar-refractivity contribution in [1.82, 2.24) is 0 Å². The smallest absolute Gasteiger partial charge is 1.00 e. The molecule has 0 saturated carbocycles. The first kappa shape index (κ1) is 28.0. The number of carbonyl (C=O) groups is 3. The molecule has 0 aromatic carbocycles. The van der Waals surface area contributed by atoms with Crippen LogP contribution >= 0.6 is 0 Å². The van der Waals surface area contributed by atoms with Crippen molar-refractivity contribution in [2.75, 3.05) is 25.6 Å². The summed E-state index contributed by atoms with van der Waals surface area (Å²) in [6, 6.07) is 0. The van der Waals surface area contributed by atoms with Crippen LogP contribution in [0.5, 0.6) is 0 Å². The summed E-state index contributed by atoms with van der Waals surface area (Å²) in [5, 5.41) is 0. The first-order valence-corrected chi connectivity index (χ1v) is 9.17. The first-order valence-electron chi connectivity index (χ1n) is 7.56. The van der Waals surface area contributed by atoms with Gasteiger partial charge in [0, 0.05) is 11.1 Å². The summed E-state index contributed by atoms with van der Waals surface area (Å²) in [5.74, 6) is -2.91. The van der Waals surface area contributed by atoms with Crippen molar-refractivity contribution in [2.24, 2.45) is 5.41 Å². The van der Waals surface area contributed by atoms with Gasteiger partial charge in [0.15, 0.2) is 0 Å². The van der Waals surface area contributed by atoms with Crippen LogP contribution in [0.2, 0.25) is 0 Å². The quantitative estimate of drug-likeness (QED) is 0.103. The van der Waals surface area contributed by atoms with Gasteiger partial charge in [-0.25, -0.2) is 9.59 Å². The maximum atomic E-state index is 12.3. The van der Waals surface area contributed by atoms with E-state index in [4.69, 9.17) is 18.8 Å². The SMILES string of the molecule is C=C(C)C(=O)OCC(C)(COC(=O)C(=C)C)C(=O)OCCCS(=O)(=O)O.[H-].[Na+]. The van der Waals surface area contributed by atoms with Gasteiger partial charge < -0.3 is 15.6 Å². The second-order valence-electron chi connectivity index (χ2n) is 6.05. The molecule has 0 amide bonds. The Kier molecular flexibility index (Phi) is 12.8. The minimum atomic E-state index is -4.17. The molecule has 0 atom stereocenters. The van der Waals surface area contributed by atoms with Gasteiger partial charge in [0.1, 0.15) is 18.6 Å². The monoisotopic (exact) mass is 416 g/mol. The van der Waals surface area contributed by atoms with Crippen molar-refractivity contribution < 1.29 is 72.5 Å².